The molecule has 1 fully saturated rings. The van der Waals surface area contributed by atoms with Crippen molar-refractivity contribution in [3.8, 4) is 5.75 Å². The van der Waals surface area contributed by atoms with E-state index >= 15 is 0 Å². The maximum absolute atomic E-state index is 10.0. The van der Waals surface area contributed by atoms with Gasteiger partial charge in [-0.05, 0) is 48.4 Å². The summed E-state index contributed by atoms with van der Waals surface area (Å²) >= 11 is 0. The monoisotopic (exact) mass is 247 g/mol. The minimum atomic E-state index is 0.141. The molecule has 1 aromatic carbocycles. The number of hydrogen-bond acceptors (Lipinski definition) is 2. The van der Waals surface area contributed by atoms with E-state index in [9.17, 15) is 5.11 Å². The summed E-state index contributed by atoms with van der Waals surface area (Å²) in [4.78, 5) is 0. The van der Waals surface area contributed by atoms with Gasteiger partial charge in [0.1, 0.15) is 5.75 Å². The van der Waals surface area contributed by atoms with Crippen LogP contribution in [0.25, 0.3) is 0 Å². The van der Waals surface area contributed by atoms with Crippen LogP contribution in [0, 0.1) is 0 Å². The van der Waals surface area contributed by atoms with Crippen molar-refractivity contribution in [1.29, 1.82) is 0 Å². The third-order valence-corrected chi connectivity index (χ3v) is 3.82. The zero-order chi connectivity index (χ0) is 13.2. The Morgan fingerprint density at radius 1 is 1.28 bits per heavy atom. The molecule has 1 unspecified atom stereocenters. The van der Waals surface area contributed by atoms with Crippen LogP contribution < -0.4 is 5.32 Å². The summed E-state index contributed by atoms with van der Waals surface area (Å²) in [6, 6.07) is 6.58. The Bertz CT molecular complexity index is 400. The fraction of sp³-hybridized carbons (Fsp3) is 0.625. The fourth-order valence-corrected chi connectivity index (χ4v) is 2.58. The van der Waals surface area contributed by atoms with Crippen molar-refractivity contribution >= 4 is 0 Å². The van der Waals surface area contributed by atoms with Gasteiger partial charge in [0.05, 0.1) is 0 Å². The van der Waals surface area contributed by atoms with Gasteiger partial charge in [0.15, 0.2) is 0 Å². The van der Waals surface area contributed by atoms with E-state index in [2.05, 4.69) is 32.2 Å². The van der Waals surface area contributed by atoms with Crippen molar-refractivity contribution in [2.24, 2.45) is 0 Å². The lowest BCUT2D eigenvalue weighted by atomic mass is 9.85. The standard InChI is InChI=1S/C16H25NO/c1-16(2,3)13-7-8-15(18)12(10-13)11-14-6-4-5-9-17-14/h7-8,10,14,17-18H,4-6,9,11H2,1-3H3. The highest BCUT2D eigenvalue weighted by atomic mass is 16.3. The van der Waals surface area contributed by atoms with Crippen LogP contribution in [0.2, 0.25) is 0 Å². The SMILES string of the molecule is CC(C)(C)c1ccc(O)c(CC2CCCCN2)c1. The number of rotatable bonds is 2. The van der Waals surface area contributed by atoms with Crippen LogP contribution in [0.4, 0.5) is 0 Å². The van der Waals surface area contributed by atoms with E-state index in [4.69, 9.17) is 0 Å². The van der Waals surface area contributed by atoms with Crippen LogP contribution in [0.1, 0.15) is 51.2 Å². The first-order valence-electron chi connectivity index (χ1n) is 7.02. The third kappa shape index (κ3) is 3.26. The molecule has 0 aromatic heterocycles. The van der Waals surface area contributed by atoms with Gasteiger partial charge in [-0.2, -0.15) is 0 Å². The van der Waals surface area contributed by atoms with Crippen LogP contribution in [0.15, 0.2) is 18.2 Å². The zero-order valence-electron chi connectivity index (χ0n) is 11.8. The average Bonchev–Trinajstić information content (AvgIpc) is 2.32. The maximum atomic E-state index is 10.0. The third-order valence-electron chi connectivity index (χ3n) is 3.82. The number of phenolic OH excluding ortho intramolecular Hbond substituents is 1. The van der Waals surface area contributed by atoms with Crippen molar-refractivity contribution in [3.63, 3.8) is 0 Å². The van der Waals surface area contributed by atoms with E-state index in [1.54, 1.807) is 0 Å². The van der Waals surface area contributed by atoms with Gasteiger partial charge >= 0.3 is 0 Å². The van der Waals surface area contributed by atoms with E-state index < -0.39 is 0 Å². The Labute approximate surface area is 110 Å². The highest BCUT2D eigenvalue weighted by molar-refractivity contribution is 5.39. The molecular weight excluding hydrogens is 222 g/mol. The van der Waals surface area contributed by atoms with Crippen LogP contribution in [-0.4, -0.2) is 17.7 Å². The lowest BCUT2D eigenvalue weighted by Gasteiger charge is -2.25. The molecule has 0 radical (unpaired) electrons. The molecule has 1 aliphatic rings. The first-order chi connectivity index (χ1) is 8.47. The second-order valence-corrected chi connectivity index (χ2v) is 6.44. The smallest absolute Gasteiger partial charge is 0.118 e. The molecule has 1 aliphatic heterocycles. The minimum Gasteiger partial charge on any atom is -0.508 e. The van der Waals surface area contributed by atoms with Crippen molar-refractivity contribution < 1.29 is 5.11 Å². The minimum absolute atomic E-state index is 0.141. The predicted molar refractivity (Wildman–Crippen MR) is 76.2 cm³/mol. The largest absolute Gasteiger partial charge is 0.508 e. The van der Waals surface area contributed by atoms with Gasteiger partial charge in [0.25, 0.3) is 0 Å². The van der Waals surface area contributed by atoms with Crippen molar-refractivity contribution in [2.75, 3.05) is 6.54 Å². The highest BCUT2D eigenvalue weighted by Gasteiger charge is 2.18. The molecule has 0 saturated carbocycles. The van der Waals surface area contributed by atoms with Gasteiger partial charge in [-0.1, -0.05) is 39.3 Å². The molecule has 100 valence electrons. The fourth-order valence-electron chi connectivity index (χ4n) is 2.58. The van der Waals surface area contributed by atoms with Gasteiger partial charge in [-0.3, -0.25) is 0 Å². The number of piperidine rings is 1. The number of nitrogens with one attached hydrogen (secondary N) is 1. The lowest BCUT2D eigenvalue weighted by Crippen LogP contribution is -2.35. The lowest BCUT2D eigenvalue weighted by molar-refractivity contribution is 0.391. The maximum Gasteiger partial charge on any atom is 0.118 e. The Kier molecular flexibility index (Phi) is 3.96. The van der Waals surface area contributed by atoms with E-state index in [1.807, 2.05) is 12.1 Å². The summed E-state index contributed by atoms with van der Waals surface area (Å²) in [5, 5.41) is 13.5. The average molecular weight is 247 g/mol. The van der Waals surface area contributed by atoms with Crippen molar-refractivity contribution in [3.05, 3.63) is 29.3 Å². The van der Waals surface area contributed by atoms with Gasteiger partial charge in [0, 0.05) is 6.04 Å². The summed E-state index contributed by atoms with van der Waals surface area (Å²) < 4.78 is 0. The first kappa shape index (κ1) is 13.4. The van der Waals surface area contributed by atoms with Crippen molar-refractivity contribution in [2.45, 2.75) is 57.9 Å². The van der Waals surface area contributed by atoms with Crippen LogP contribution in [0.5, 0.6) is 5.75 Å². The van der Waals surface area contributed by atoms with E-state index in [0.29, 0.717) is 11.8 Å². The number of phenols is 1. The Morgan fingerprint density at radius 3 is 2.67 bits per heavy atom. The molecule has 18 heavy (non-hydrogen) atoms. The van der Waals surface area contributed by atoms with Crippen LogP contribution in [-0.2, 0) is 11.8 Å². The molecule has 2 N–H and O–H groups in total. The molecule has 1 saturated heterocycles. The number of aromatic hydroxyl groups is 1. The van der Waals surface area contributed by atoms with Gasteiger partial charge < -0.3 is 10.4 Å². The number of hydrogen-bond donors (Lipinski definition) is 2. The van der Waals surface area contributed by atoms with Crippen molar-refractivity contribution in [1.82, 2.24) is 5.32 Å². The normalized spacial score (nSPS) is 20.9. The summed E-state index contributed by atoms with van der Waals surface area (Å²) in [7, 11) is 0. The summed E-state index contributed by atoms with van der Waals surface area (Å²) in [6.45, 7) is 7.75. The Hall–Kier alpha value is -1.02. The molecule has 1 heterocycles. The molecule has 0 aliphatic carbocycles. The molecular formula is C16H25NO. The topological polar surface area (TPSA) is 32.3 Å². The highest BCUT2D eigenvalue weighted by Crippen LogP contribution is 2.28. The van der Waals surface area contributed by atoms with Crippen LogP contribution >= 0.6 is 0 Å². The quantitative estimate of drug-likeness (QED) is 0.839. The Balaban J connectivity index is 2.15. The van der Waals surface area contributed by atoms with Gasteiger partial charge in [-0.15, -0.1) is 0 Å². The molecule has 0 spiro atoms. The summed E-state index contributed by atoms with van der Waals surface area (Å²) in [5.41, 5.74) is 2.52. The van der Waals surface area contributed by atoms with E-state index in [1.165, 1.54) is 24.8 Å². The van der Waals surface area contributed by atoms with Crippen LogP contribution in [0.3, 0.4) is 0 Å². The number of benzene rings is 1. The Morgan fingerprint density at radius 2 is 2.06 bits per heavy atom. The second-order valence-electron chi connectivity index (χ2n) is 6.44. The molecule has 1 aromatic rings. The summed E-state index contributed by atoms with van der Waals surface area (Å²) in [6.07, 6.45) is 4.75. The molecule has 2 nitrogen and oxygen atoms in total. The molecule has 2 rings (SSSR count). The van der Waals surface area contributed by atoms with E-state index in [0.717, 1.165) is 18.5 Å². The zero-order valence-corrected chi connectivity index (χ0v) is 11.8. The van der Waals surface area contributed by atoms with Gasteiger partial charge in [0.2, 0.25) is 0 Å². The molecule has 1 atom stereocenters. The molecule has 0 bridgehead atoms. The summed E-state index contributed by atoms with van der Waals surface area (Å²) in [5.74, 6) is 0.440. The van der Waals surface area contributed by atoms with Gasteiger partial charge in [-0.25, -0.2) is 0 Å². The predicted octanol–water partition coefficient (Wildman–Crippen LogP) is 3.37. The second kappa shape index (κ2) is 5.31. The first-order valence-corrected chi connectivity index (χ1v) is 7.02. The molecule has 2 heteroatoms. The molecule has 0 amide bonds. The van der Waals surface area contributed by atoms with E-state index in [-0.39, 0.29) is 5.41 Å².